The Morgan fingerprint density at radius 1 is 1.22 bits per heavy atom. The van der Waals surface area contributed by atoms with Gasteiger partial charge in [0.15, 0.2) is 0 Å². The largest absolute Gasteiger partial charge is 0.495 e. The van der Waals surface area contributed by atoms with Crippen molar-refractivity contribution < 1.29 is 21.6 Å². The van der Waals surface area contributed by atoms with Crippen LogP contribution in [0.25, 0.3) is 0 Å². The van der Waals surface area contributed by atoms with Crippen LogP contribution in [0, 0.1) is 5.92 Å². The first-order valence-electron chi connectivity index (χ1n) is 7.10. The number of anilines is 1. The van der Waals surface area contributed by atoms with E-state index in [1.807, 2.05) is 13.8 Å². The van der Waals surface area contributed by atoms with E-state index in [1.165, 1.54) is 32.4 Å². The molecule has 0 unspecified atom stereocenters. The monoisotopic (exact) mass is 364 g/mol. The molecule has 0 atom stereocenters. The Balaban J connectivity index is 3.20. The van der Waals surface area contributed by atoms with Gasteiger partial charge in [-0.15, -0.1) is 0 Å². The third kappa shape index (κ3) is 5.36. The van der Waals surface area contributed by atoms with Gasteiger partial charge >= 0.3 is 0 Å². The maximum Gasteiger partial charge on any atom is 0.240 e. The van der Waals surface area contributed by atoms with Crippen molar-refractivity contribution in [2.45, 2.75) is 25.2 Å². The summed E-state index contributed by atoms with van der Waals surface area (Å²) in [6, 6.07) is 4.11. The average Bonchev–Trinajstić information content (AvgIpc) is 2.44. The van der Waals surface area contributed by atoms with Gasteiger partial charge in [0, 0.05) is 13.6 Å². The number of nitrogens with zero attached hydrogens (tertiary/aromatic N) is 1. The summed E-state index contributed by atoms with van der Waals surface area (Å²) >= 11 is 0. The van der Waals surface area contributed by atoms with Crippen molar-refractivity contribution in [2.24, 2.45) is 5.92 Å². The minimum atomic E-state index is -3.71. The molecule has 0 fully saturated rings. The molecule has 0 saturated carbocycles. The minimum Gasteiger partial charge on any atom is -0.495 e. The van der Waals surface area contributed by atoms with E-state index in [1.54, 1.807) is 0 Å². The van der Waals surface area contributed by atoms with Crippen molar-refractivity contribution in [1.82, 2.24) is 4.72 Å². The molecule has 0 radical (unpaired) electrons. The lowest BCUT2D eigenvalue weighted by atomic mass is 10.1. The summed E-state index contributed by atoms with van der Waals surface area (Å²) in [6.45, 7) is 4.32. The summed E-state index contributed by atoms with van der Waals surface area (Å²) in [5.74, 6) is 0.652. The zero-order valence-electron chi connectivity index (χ0n) is 14.0. The SMILES string of the molecule is COc1ccc(S(=O)(=O)NCCC(C)C)cc1N(C)S(C)(=O)=O. The van der Waals surface area contributed by atoms with Gasteiger partial charge in [0.2, 0.25) is 20.0 Å². The fourth-order valence-electron chi connectivity index (χ4n) is 1.83. The summed E-state index contributed by atoms with van der Waals surface area (Å²) in [7, 11) is -4.51. The standard InChI is InChI=1S/C14H24N2O5S2/c1-11(2)8-9-15-23(19,20)12-6-7-14(21-4)13(10-12)16(3)22(5,17)18/h6-7,10-11,15H,8-9H2,1-5H3. The first-order valence-corrected chi connectivity index (χ1v) is 10.4. The molecular formula is C14H24N2O5S2. The molecule has 23 heavy (non-hydrogen) atoms. The smallest absolute Gasteiger partial charge is 0.240 e. The van der Waals surface area contributed by atoms with Gasteiger partial charge < -0.3 is 4.74 Å². The van der Waals surface area contributed by atoms with Gasteiger partial charge in [0.1, 0.15) is 5.75 Å². The van der Waals surface area contributed by atoms with E-state index in [0.29, 0.717) is 18.9 Å². The molecule has 1 N–H and O–H groups in total. The molecule has 132 valence electrons. The van der Waals surface area contributed by atoms with Crippen LogP contribution in [0.2, 0.25) is 0 Å². The van der Waals surface area contributed by atoms with Gasteiger partial charge in [-0.05, 0) is 30.5 Å². The molecule has 0 heterocycles. The zero-order chi connectivity index (χ0) is 17.8. The lowest BCUT2D eigenvalue weighted by Crippen LogP contribution is -2.27. The Hall–Kier alpha value is -1.32. The molecule has 0 bridgehead atoms. The number of rotatable bonds is 8. The number of benzene rings is 1. The highest BCUT2D eigenvalue weighted by atomic mass is 32.2. The molecule has 1 aromatic rings. The van der Waals surface area contributed by atoms with E-state index in [-0.39, 0.29) is 16.3 Å². The quantitative estimate of drug-likeness (QED) is 0.753. The first kappa shape index (κ1) is 19.7. The molecule has 7 nitrogen and oxygen atoms in total. The first-order chi connectivity index (χ1) is 10.5. The van der Waals surface area contributed by atoms with Gasteiger partial charge in [-0.1, -0.05) is 13.8 Å². The van der Waals surface area contributed by atoms with Crippen molar-refractivity contribution >= 4 is 25.7 Å². The fraction of sp³-hybridized carbons (Fsp3) is 0.571. The molecule has 9 heteroatoms. The summed E-state index contributed by atoms with van der Waals surface area (Å²) in [5, 5.41) is 0. The van der Waals surface area contributed by atoms with Crippen LogP contribution in [0.3, 0.4) is 0 Å². The van der Waals surface area contributed by atoms with Crippen LogP contribution in [-0.2, 0) is 20.0 Å². The number of hydrogen-bond acceptors (Lipinski definition) is 5. The van der Waals surface area contributed by atoms with Crippen LogP contribution >= 0.6 is 0 Å². The van der Waals surface area contributed by atoms with Crippen molar-refractivity contribution in [2.75, 3.05) is 31.3 Å². The lowest BCUT2D eigenvalue weighted by Gasteiger charge is -2.20. The van der Waals surface area contributed by atoms with E-state index in [9.17, 15) is 16.8 Å². The van der Waals surface area contributed by atoms with Crippen molar-refractivity contribution in [3.05, 3.63) is 18.2 Å². The topological polar surface area (TPSA) is 92.8 Å². The number of ether oxygens (including phenoxy) is 1. The van der Waals surface area contributed by atoms with Crippen LogP contribution in [0.15, 0.2) is 23.1 Å². The van der Waals surface area contributed by atoms with E-state index in [2.05, 4.69) is 4.72 Å². The second-order valence-electron chi connectivity index (χ2n) is 5.64. The molecule has 0 aliphatic heterocycles. The molecule has 1 aromatic carbocycles. The Morgan fingerprint density at radius 3 is 2.30 bits per heavy atom. The summed E-state index contributed by atoms with van der Waals surface area (Å²) in [5.41, 5.74) is 0.168. The van der Waals surface area contributed by atoms with Gasteiger partial charge in [-0.3, -0.25) is 4.31 Å². The van der Waals surface area contributed by atoms with E-state index >= 15 is 0 Å². The highest BCUT2D eigenvalue weighted by molar-refractivity contribution is 7.92. The van der Waals surface area contributed by atoms with Crippen LogP contribution in [-0.4, -0.2) is 43.8 Å². The van der Waals surface area contributed by atoms with Gasteiger partial charge in [-0.2, -0.15) is 0 Å². The highest BCUT2D eigenvalue weighted by Gasteiger charge is 2.21. The molecule has 0 aliphatic rings. The lowest BCUT2D eigenvalue weighted by molar-refractivity contribution is 0.415. The van der Waals surface area contributed by atoms with Crippen LogP contribution < -0.4 is 13.8 Å². The third-order valence-corrected chi connectivity index (χ3v) is 5.96. The molecule has 0 amide bonds. The Kier molecular flexibility index (Phi) is 6.43. The minimum absolute atomic E-state index is 0.00689. The number of nitrogens with one attached hydrogen (secondary N) is 1. The Labute approximate surface area is 138 Å². The molecule has 0 aromatic heterocycles. The van der Waals surface area contributed by atoms with Gasteiger partial charge in [0.05, 0.1) is 23.9 Å². The van der Waals surface area contributed by atoms with Crippen LogP contribution in [0.1, 0.15) is 20.3 Å². The molecule has 1 rings (SSSR count). The van der Waals surface area contributed by atoms with Gasteiger partial charge in [-0.25, -0.2) is 21.6 Å². The zero-order valence-corrected chi connectivity index (χ0v) is 15.7. The Bertz CT molecular complexity index is 742. The van der Waals surface area contributed by atoms with Gasteiger partial charge in [0.25, 0.3) is 0 Å². The second kappa shape index (κ2) is 7.50. The van der Waals surface area contributed by atoms with Crippen molar-refractivity contribution in [1.29, 1.82) is 0 Å². The summed E-state index contributed by atoms with van der Waals surface area (Å²) < 4.78 is 56.7. The van der Waals surface area contributed by atoms with E-state index < -0.39 is 20.0 Å². The third-order valence-electron chi connectivity index (χ3n) is 3.31. The van der Waals surface area contributed by atoms with Crippen LogP contribution in [0.5, 0.6) is 5.75 Å². The second-order valence-corrected chi connectivity index (χ2v) is 9.43. The number of sulfonamides is 2. The molecule has 0 aliphatic carbocycles. The predicted octanol–water partition coefficient (Wildman–Crippen LogP) is 1.42. The summed E-state index contributed by atoms with van der Waals surface area (Å²) in [4.78, 5) is -0.00689. The molecule has 0 saturated heterocycles. The molecule has 0 spiro atoms. The summed E-state index contributed by atoms with van der Waals surface area (Å²) in [6.07, 6.45) is 1.75. The van der Waals surface area contributed by atoms with Crippen molar-refractivity contribution in [3.8, 4) is 5.75 Å². The fourth-order valence-corrected chi connectivity index (χ4v) is 3.39. The number of hydrogen-bond donors (Lipinski definition) is 1. The van der Waals surface area contributed by atoms with Crippen molar-refractivity contribution in [3.63, 3.8) is 0 Å². The van der Waals surface area contributed by atoms with Crippen LogP contribution in [0.4, 0.5) is 5.69 Å². The average molecular weight is 364 g/mol. The Morgan fingerprint density at radius 2 is 1.83 bits per heavy atom. The molecular weight excluding hydrogens is 340 g/mol. The predicted molar refractivity (Wildman–Crippen MR) is 90.9 cm³/mol. The maximum absolute atomic E-state index is 12.3. The van der Waals surface area contributed by atoms with E-state index in [0.717, 1.165) is 10.6 Å². The maximum atomic E-state index is 12.3. The number of methoxy groups -OCH3 is 1. The highest BCUT2D eigenvalue weighted by Crippen LogP contribution is 2.31. The van der Waals surface area contributed by atoms with E-state index in [4.69, 9.17) is 4.74 Å². The normalized spacial score (nSPS) is 12.4.